The predicted molar refractivity (Wildman–Crippen MR) is 157 cm³/mol. The van der Waals surface area contributed by atoms with Crippen LogP contribution in [0.5, 0.6) is 0 Å². The van der Waals surface area contributed by atoms with Crippen LogP contribution in [0.3, 0.4) is 0 Å². The van der Waals surface area contributed by atoms with E-state index in [1.807, 2.05) is 4.90 Å². The molecule has 0 radical (unpaired) electrons. The molecule has 1 aliphatic heterocycles. The van der Waals surface area contributed by atoms with E-state index in [0.717, 1.165) is 50.1 Å². The fourth-order valence-electron chi connectivity index (χ4n) is 4.51. The summed E-state index contributed by atoms with van der Waals surface area (Å²) >= 11 is 0. The van der Waals surface area contributed by atoms with E-state index in [9.17, 15) is 17.6 Å². The van der Waals surface area contributed by atoms with Crippen LogP contribution in [0.1, 0.15) is 40.0 Å². The normalized spacial score (nSPS) is 20.1. The molecule has 1 saturated carbocycles. The number of nitrogens with zero attached hydrogens (tertiary/aromatic N) is 3. The van der Waals surface area contributed by atoms with Crippen molar-refractivity contribution in [1.29, 1.82) is 0 Å². The van der Waals surface area contributed by atoms with E-state index in [4.69, 9.17) is 16.2 Å². The first-order valence-corrected chi connectivity index (χ1v) is 12.9. The monoisotopic (exact) mass is 565 g/mol. The van der Waals surface area contributed by atoms with Crippen molar-refractivity contribution in [2.45, 2.75) is 52.3 Å². The number of amidine groups is 1. The summed E-state index contributed by atoms with van der Waals surface area (Å²) in [5.74, 6) is -2.52. The van der Waals surface area contributed by atoms with Crippen LogP contribution in [0.15, 0.2) is 95.2 Å². The van der Waals surface area contributed by atoms with Crippen molar-refractivity contribution in [3.8, 4) is 0 Å². The second-order valence-electron chi connectivity index (χ2n) is 9.96. The van der Waals surface area contributed by atoms with Gasteiger partial charge in [-0.2, -0.15) is 13.2 Å². The SMILES string of the molecule is C=C.C=C/C(F)=C\C(/C(C)=N/C(=C\C(=C)N)N1CC2(CCC2)C1)C(N=C(N)/C(=C\C(C)=C/C)COC)C(F)(F)F. The third-order valence-electron chi connectivity index (χ3n) is 6.85. The third kappa shape index (κ3) is 9.66. The number of aliphatic imine (C=N–C) groups is 2. The average molecular weight is 566 g/mol. The molecule has 1 spiro atoms. The Kier molecular flexibility index (Phi) is 13.3. The van der Waals surface area contributed by atoms with Crippen molar-refractivity contribution >= 4 is 11.5 Å². The minimum Gasteiger partial charge on any atom is -0.399 e. The molecule has 0 aromatic heterocycles. The number of ether oxygens (including phenoxy) is 1. The van der Waals surface area contributed by atoms with E-state index in [-0.39, 0.29) is 34.8 Å². The second-order valence-corrected chi connectivity index (χ2v) is 9.96. The van der Waals surface area contributed by atoms with Gasteiger partial charge in [0.05, 0.1) is 6.61 Å². The van der Waals surface area contributed by atoms with Gasteiger partial charge in [0.1, 0.15) is 17.5 Å². The molecule has 0 aromatic carbocycles. The van der Waals surface area contributed by atoms with Crippen LogP contribution in [0, 0.1) is 11.3 Å². The summed E-state index contributed by atoms with van der Waals surface area (Å²) in [6.07, 6.45) is 5.03. The van der Waals surface area contributed by atoms with Crippen molar-refractivity contribution in [3.63, 3.8) is 0 Å². The Hall–Kier alpha value is -3.40. The number of rotatable bonds is 12. The van der Waals surface area contributed by atoms with Gasteiger partial charge < -0.3 is 21.1 Å². The van der Waals surface area contributed by atoms with Crippen molar-refractivity contribution in [1.82, 2.24) is 4.90 Å². The Morgan fingerprint density at radius 3 is 2.17 bits per heavy atom. The van der Waals surface area contributed by atoms with Crippen LogP contribution in [-0.2, 0) is 4.74 Å². The zero-order chi connectivity index (χ0) is 30.7. The number of likely N-dealkylation sites (tertiary alicyclic amines) is 1. The van der Waals surface area contributed by atoms with Gasteiger partial charge in [-0.05, 0) is 45.8 Å². The summed E-state index contributed by atoms with van der Waals surface area (Å²) in [4.78, 5) is 10.3. The molecule has 4 N–H and O–H groups in total. The number of alkyl halides is 3. The van der Waals surface area contributed by atoms with Gasteiger partial charge in [0.25, 0.3) is 0 Å². The molecule has 2 aliphatic rings. The molecule has 0 aromatic rings. The zero-order valence-electron chi connectivity index (χ0n) is 24.0. The highest BCUT2D eigenvalue weighted by atomic mass is 19.4. The van der Waals surface area contributed by atoms with E-state index in [0.29, 0.717) is 5.82 Å². The topological polar surface area (TPSA) is 89.2 Å². The molecule has 40 heavy (non-hydrogen) atoms. The van der Waals surface area contributed by atoms with E-state index in [2.05, 4.69) is 36.3 Å². The summed E-state index contributed by atoms with van der Waals surface area (Å²) in [7, 11) is 1.40. The van der Waals surface area contributed by atoms with Crippen molar-refractivity contribution in [2.75, 3.05) is 26.8 Å². The highest BCUT2D eigenvalue weighted by Gasteiger charge is 2.49. The number of hydrogen-bond donors (Lipinski definition) is 2. The highest BCUT2D eigenvalue weighted by molar-refractivity contribution is 5.98. The molecular formula is C30H43F4N5O. The Morgan fingerprint density at radius 1 is 1.15 bits per heavy atom. The van der Waals surface area contributed by atoms with E-state index >= 15 is 0 Å². The van der Waals surface area contributed by atoms with Gasteiger partial charge in [0.15, 0.2) is 6.04 Å². The number of allylic oxidation sites excluding steroid dienone is 6. The lowest BCUT2D eigenvalue weighted by Crippen LogP contribution is -2.58. The molecule has 0 bridgehead atoms. The molecule has 0 amide bonds. The minimum atomic E-state index is -4.87. The summed E-state index contributed by atoms with van der Waals surface area (Å²) in [5, 5.41) is 0. The lowest BCUT2D eigenvalue weighted by Gasteiger charge is -2.56. The first-order valence-electron chi connectivity index (χ1n) is 12.9. The average Bonchev–Trinajstić information content (AvgIpc) is 2.83. The smallest absolute Gasteiger partial charge is 0.399 e. The molecule has 2 unspecified atom stereocenters. The third-order valence-corrected chi connectivity index (χ3v) is 6.85. The number of methoxy groups -OCH3 is 1. The number of hydrogen-bond acceptors (Lipinski definition) is 5. The fraction of sp³-hybridized carbons (Fsp3) is 0.467. The maximum atomic E-state index is 14.4. The first kappa shape index (κ1) is 34.6. The van der Waals surface area contributed by atoms with Gasteiger partial charge in [0, 0.05) is 54.6 Å². The number of nitrogens with two attached hydrogens (primary N) is 2. The minimum absolute atomic E-state index is 0.00941. The molecule has 222 valence electrons. The molecule has 2 rings (SSSR count). The summed E-state index contributed by atoms with van der Waals surface area (Å²) in [5.41, 5.74) is 13.3. The molecule has 1 saturated heterocycles. The Balaban J connectivity index is 0.00000391. The Labute approximate surface area is 235 Å². The van der Waals surface area contributed by atoms with Gasteiger partial charge in [-0.25, -0.2) is 9.38 Å². The second kappa shape index (κ2) is 15.4. The highest BCUT2D eigenvalue weighted by Crippen LogP contribution is 2.49. The molecule has 1 heterocycles. The molecule has 2 atom stereocenters. The fourth-order valence-corrected chi connectivity index (χ4v) is 4.51. The van der Waals surface area contributed by atoms with Crippen molar-refractivity contribution in [2.24, 2.45) is 32.8 Å². The first-order chi connectivity index (χ1) is 18.7. The molecule has 1 aliphatic carbocycles. The van der Waals surface area contributed by atoms with Gasteiger partial charge in [-0.3, -0.25) is 4.99 Å². The largest absolute Gasteiger partial charge is 0.411 e. The Bertz CT molecular complexity index is 1090. The van der Waals surface area contributed by atoms with E-state index < -0.39 is 24.0 Å². The van der Waals surface area contributed by atoms with Gasteiger partial charge in [-0.1, -0.05) is 37.3 Å². The molecule has 6 nitrogen and oxygen atoms in total. The zero-order valence-corrected chi connectivity index (χ0v) is 24.0. The summed E-state index contributed by atoms with van der Waals surface area (Å²) in [6, 6.07) is -2.42. The van der Waals surface area contributed by atoms with Crippen LogP contribution in [0.2, 0.25) is 0 Å². The lowest BCUT2D eigenvalue weighted by atomic mass is 9.63. The maximum absolute atomic E-state index is 14.4. The van der Waals surface area contributed by atoms with E-state index in [1.165, 1.54) is 20.1 Å². The van der Waals surface area contributed by atoms with Gasteiger partial charge in [0.2, 0.25) is 0 Å². The molecule has 10 heteroatoms. The van der Waals surface area contributed by atoms with Gasteiger partial charge >= 0.3 is 6.18 Å². The molecular weight excluding hydrogens is 522 g/mol. The summed E-state index contributed by atoms with van der Waals surface area (Å²) in [6.45, 7) is 19.4. The number of halogens is 4. The Morgan fingerprint density at radius 2 is 1.75 bits per heavy atom. The van der Waals surface area contributed by atoms with Crippen LogP contribution in [0.25, 0.3) is 0 Å². The van der Waals surface area contributed by atoms with E-state index in [1.54, 1.807) is 26.0 Å². The van der Waals surface area contributed by atoms with Crippen LogP contribution >= 0.6 is 0 Å². The lowest BCUT2D eigenvalue weighted by molar-refractivity contribution is -0.150. The molecule has 2 fully saturated rings. The quantitative estimate of drug-likeness (QED) is 0.0926. The van der Waals surface area contributed by atoms with Gasteiger partial charge in [-0.15, -0.1) is 13.2 Å². The van der Waals surface area contributed by atoms with Crippen LogP contribution in [-0.4, -0.2) is 55.5 Å². The van der Waals surface area contributed by atoms with Crippen molar-refractivity contribution < 1.29 is 22.3 Å². The van der Waals surface area contributed by atoms with Crippen molar-refractivity contribution in [3.05, 3.63) is 85.2 Å². The summed E-state index contributed by atoms with van der Waals surface area (Å²) < 4.78 is 62.9. The maximum Gasteiger partial charge on any atom is 0.411 e. The van der Waals surface area contributed by atoms with Crippen LogP contribution < -0.4 is 11.5 Å². The predicted octanol–water partition coefficient (Wildman–Crippen LogP) is 6.53. The standard InChI is InChI=1S/C28H39F4N5O.C2H4/c1-7-18(3)12-21(15-38-6)26(34)36-25(28(30,31)32)23(14-22(29)8-2)20(5)35-24(13-19(4)33)37-16-27(17-37)10-9-11-27;1-2/h7-8,12-14,23,25H,2,4,9-11,15-17,33H2,1,3,5-6H3,(H2,34,36);1-2H2/b18-7-,21-12-,22-14+,24-13+,35-20+;. The van der Waals surface area contributed by atoms with Crippen LogP contribution in [0.4, 0.5) is 17.6 Å².